The number of pyridine rings is 2. The molecule has 2 aromatic carbocycles. The minimum absolute atomic E-state index is 0.0273. The van der Waals surface area contributed by atoms with Crippen LogP contribution in [0.1, 0.15) is 30.3 Å². The maximum atomic E-state index is 4.96. The first-order valence-electron chi connectivity index (χ1n) is 10.2. The largest absolute Gasteiger partial charge is 0.251 e. The highest BCUT2D eigenvalue weighted by molar-refractivity contribution is 6.09. The highest BCUT2D eigenvalue weighted by atomic mass is 14.8. The summed E-state index contributed by atoms with van der Waals surface area (Å²) in [5.74, 6) is 0. The van der Waals surface area contributed by atoms with Crippen molar-refractivity contribution in [3.8, 4) is 11.1 Å². The van der Waals surface area contributed by atoms with Gasteiger partial charge in [-0.2, -0.15) is 0 Å². The van der Waals surface area contributed by atoms with E-state index in [1.807, 2.05) is 0 Å². The minimum atomic E-state index is -0.0273. The van der Waals surface area contributed by atoms with E-state index in [2.05, 4.69) is 99.7 Å². The summed E-state index contributed by atoms with van der Waals surface area (Å²) in [5.41, 5.74) is 7.77. The number of nitrogens with zero attached hydrogens (tertiary/aromatic N) is 2. The quantitative estimate of drug-likeness (QED) is 0.358. The number of rotatable bonds is 2. The van der Waals surface area contributed by atoms with Crippen molar-refractivity contribution in [2.75, 3.05) is 0 Å². The van der Waals surface area contributed by atoms with E-state index < -0.39 is 0 Å². The molecule has 0 spiro atoms. The molecule has 2 nitrogen and oxygen atoms in total. The molecule has 0 aliphatic heterocycles. The fourth-order valence-corrected chi connectivity index (χ4v) is 4.49. The summed E-state index contributed by atoms with van der Waals surface area (Å²) in [7, 11) is 0. The van der Waals surface area contributed by atoms with Crippen LogP contribution in [-0.4, -0.2) is 9.97 Å². The summed E-state index contributed by atoms with van der Waals surface area (Å²) < 4.78 is 0. The highest BCUT2D eigenvalue weighted by Gasteiger charge is 2.27. The van der Waals surface area contributed by atoms with Crippen LogP contribution in [0, 0.1) is 13.8 Å². The molecule has 0 N–H and O–H groups in total. The van der Waals surface area contributed by atoms with E-state index in [9.17, 15) is 0 Å². The van der Waals surface area contributed by atoms with E-state index >= 15 is 0 Å². The molecular weight excluding hydrogens is 352 g/mol. The molecule has 1 atom stereocenters. The van der Waals surface area contributed by atoms with Gasteiger partial charge in [0.2, 0.25) is 0 Å². The number of benzene rings is 2. The smallest absolute Gasteiger partial charge is 0.0974 e. The molecular formula is C27H24N2. The van der Waals surface area contributed by atoms with Crippen LogP contribution >= 0.6 is 0 Å². The molecule has 1 aliphatic rings. The van der Waals surface area contributed by atoms with Crippen LogP contribution in [0.4, 0.5) is 0 Å². The van der Waals surface area contributed by atoms with E-state index in [0.717, 1.165) is 34.2 Å². The summed E-state index contributed by atoms with van der Waals surface area (Å²) in [6.45, 7) is 6.46. The molecule has 2 heterocycles. The van der Waals surface area contributed by atoms with Crippen LogP contribution in [0.3, 0.4) is 0 Å². The Morgan fingerprint density at radius 1 is 0.793 bits per heavy atom. The molecule has 0 fully saturated rings. The van der Waals surface area contributed by atoms with Crippen LogP contribution in [0.2, 0.25) is 0 Å². The van der Waals surface area contributed by atoms with Crippen molar-refractivity contribution < 1.29 is 0 Å². The molecule has 29 heavy (non-hydrogen) atoms. The SMILES string of the molecule is Cc1cc(-c2ccccc2)c2ccc3c(C4(C)C=CC=CC4)cc(C)nc3c2n1. The normalized spacial score (nSPS) is 18.6. The number of hydrogen-bond acceptors (Lipinski definition) is 2. The second kappa shape index (κ2) is 6.66. The van der Waals surface area contributed by atoms with Crippen LogP contribution in [0.5, 0.6) is 0 Å². The first-order valence-corrected chi connectivity index (χ1v) is 10.2. The standard InChI is InChI=1S/C27H24N2/c1-18-16-23(20-10-6-4-7-11-20)21-12-13-22-24(27(3)14-8-5-9-15-27)17-19(2)29-26(22)25(21)28-18/h4-14,16-17H,15H2,1-3H3. The van der Waals surface area contributed by atoms with Crippen LogP contribution < -0.4 is 0 Å². The predicted octanol–water partition coefficient (Wildman–Crippen LogP) is 6.84. The van der Waals surface area contributed by atoms with Gasteiger partial charge in [0.25, 0.3) is 0 Å². The number of allylic oxidation sites excluding steroid dienone is 4. The van der Waals surface area contributed by atoms with Gasteiger partial charge in [0.1, 0.15) is 0 Å². The zero-order valence-corrected chi connectivity index (χ0v) is 17.1. The molecule has 0 saturated carbocycles. The fourth-order valence-electron chi connectivity index (χ4n) is 4.49. The summed E-state index contributed by atoms with van der Waals surface area (Å²) in [6, 6.07) is 19.4. The van der Waals surface area contributed by atoms with E-state index in [4.69, 9.17) is 9.97 Å². The zero-order chi connectivity index (χ0) is 20.0. The Hall–Kier alpha value is -3.26. The zero-order valence-electron chi connectivity index (χ0n) is 17.1. The second-order valence-electron chi connectivity index (χ2n) is 8.26. The van der Waals surface area contributed by atoms with Crippen molar-refractivity contribution in [2.45, 2.75) is 32.6 Å². The molecule has 5 rings (SSSR count). The van der Waals surface area contributed by atoms with Crippen molar-refractivity contribution in [3.63, 3.8) is 0 Å². The maximum Gasteiger partial charge on any atom is 0.0974 e. The summed E-state index contributed by atoms with van der Waals surface area (Å²) in [5, 5.41) is 2.35. The third-order valence-corrected chi connectivity index (χ3v) is 5.97. The van der Waals surface area contributed by atoms with Gasteiger partial charge in [-0.3, -0.25) is 9.97 Å². The molecule has 0 radical (unpaired) electrons. The lowest BCUT2D eigenvalue weighted by Crippen LogP contribution is -2.20. The highest BCUT2D eigenvalue weighted by Crippen LogP contribution is 2.39. The Bertz CT molecular complexity index is 1300. The van der Waals surface area contributed by atoms with Crippen molar-refractivity contribution in [3.05, 3.63) is 95.9 Å². The van der Waals surface area contributed by atoms with Crippen LogP contribution in [0.15, 0.2) is 78.9 Å². The third kappa shape index (κ3) is 2.96. The van der Waals surface area contributed by atoms with Crippen LogP contribution in [0.25, 0.3) is 32.9 Å². The van der Waals surface area contributed by atoms with E-state index in [-0.39, 0.29) is 5.41 Å². The van der Waals surface area contributed by atoms with Gasteiger partial charge in [0.15, 0.2) is 0 Å². The average molecular weight is 377 g/mol. The van der Waals surface area contributed by atoms with E-state index in [0.29, 0.717) is 0 Å². The Morgan fingerprint density at radius 3 is 2.21 bits per heavy atom. The van der Waals surface area contributed by atoms with Gasteiger partial charge in [-0.25, -0.2) is 0 Å². The summed E-state index contributed by atoms with van der Waals surface area (Å²) in [4.78, 5) is 9.91. The first kappa shape index (κ1) is 17.8. The van der Waals surface area contributed by atoms with Gasteiger partial charge in [0, 0.05) is 27.6 Å². The minimum Gasteiger partial charge on any atom is -0.251 e. The molecule has 1 aliphatic carbocycles. The average Bonchev–Trinajstić information content (AvgIpc) is 2.74. The van der Waals surface area contributed by atoms with Crippen molar-refractivity contribution in [1.82, 2.24) is 9.97 Å². The van der Waals surface area contributed by atoms with E-state index in [1.54, 1.807) is 0 Å². The lowest BCUT2D eigenvalue weighted by atomic mass is 9.75. The predicted molar refractivity (Wildman–Crippen MR) is 122 cm³/mol. The van der Waals surface area contributed by atoms with Gasteiger partial charge in [0.05, 0.1) is 11.0 Å². The molecule has 2 aromatic heterocycles. The van der Waals surface area contributed by atoms with Gasteiger partial charge in [-0.05, 0) is 49.1 Å². The monoisotopic (exact) mass is 376 g/mol. The lowest BCUT2D eigenvalue weighted by molar-refractivity contribution is 0.604. The Balaban J connectivity index is 1.86. The van der Waals surface area contributed by atoms with Crippen LogP contribution in [-0.2, 0) is 5.41 Å². The fraction of sp³-hybridized carbons (Fsp3) is 0.185. The molecule has 142 valence electrons. The first-order chi connectivity index (χ1) is 14.0. The summed E-state index contributed by atoms with van der Waals surface area (Å²) >= 11 is 0. The topological polar surface area (TPSA) is 25.8 Å². The Kier molecular flexibility index (Phi) is 4.09. The van der Waals surface area contributed by atoms with Gasteiger partial charge < -0.3 is 0 Å². The molecule has 2 heteroatoms. The second-order valence-corrected chi connectivity index (χ2v) is 8.26. The molecule has 0 saturated heterocycles. The van der Waals surface area contributed by atoms with Gasteiger partial charge in [-0.1, -0.05) is 73.7 Å². The third-order valence-electron chi connectivity index (χ3n) is 5.97. The number of hydrogen-bond donors (Lipinski definition) is 0. The molecule has 1 unspecified atom stereocenters. The number of fused-ring (bicyclic) bond motifs is 3. The van der Waals surface area contributed by atoms with Crippen molar-refractivity contribution in [2.24, 2.45) is 0 Å². The summed E-state index contributed by atoms with van der Waals surface area (Å²) in [6.07, 6.45) is 9.84. The Morgan fingerprint density at radius 2 is 1.48 bits per heavy atom. The lowest BCUT2D eigenvalue weighted by Gasteiger charge is -2.29. The van der Waals surface area contributed by atoms with Gasteiger partial charge in [-0.15, -0.1) is 0 Å². The maximum absolute atomic E-state index is 4.96. The van der Waals surface area contributed by atoms with Crippen molar-refractivity contribution in [1.29, 1.82) is 0 Å². The van der Waals surface area contributed by atoms with E-state index in [1.165, 1.54) is 22.1 Å². The molecule has 0 amide bonds. The van der Waals surface area contributed by atoms with Gasteiger partial charge >= 0.3 is 0 Å². The Labute approximate surface area is 171 Å². The number of aromatic nitrogens is 2. The molecule has 0 bridgehead atoms. The number of aryl methyl sites for hydroxylation is 2. The molecule has 4 aromatic rings. The van der Waals surface area contributed by atoms with Crippen molar-refractivity contribution >= 4 is 21.8 Å².